The Kier molecular flexibility index (Phi) is 2.33. The first-order chi connectivity index (χ1) is 5.65. The van der Waals surface area contributed by atoms with E-state index >= 15 is 0 Å². The Hall–Kier alpha value is -1.51. The second-order valence-corrected chi connectivity index (χ2v) is 2.51. The Bertz CT molecular complexity index is 307. The summed E-state index contributed by atoms with van der Waals surface area (Å²) < 4.78 is 4.96. The lowest BCUT2D eigenvalue weighted by Crippen LogP contribution is -2.01. The summed E-state index contributed by atoms with van der Waals surface area (Å²) in [7, 11) is 1.57. The number of ether oxygens (including phenoxy) is 1. The number of rotatable bonds is 2. The predicted molar refractivity (Wildman–Crippen MR) is 45.2 cm³/mol. The number of hydrogen-bond donors (Lipinski definition) is 0. The summed E-state index contributed by atoms with van der Waals surface area (Å²) >= 11 is 0. The number of carbonyl (C=O) groups is 1. The highest BCUT2D eigenvalue weighted by molar-refractivity contribution is 5.93. The van der Waals surface area contributed by atoms with E-state index in [1.54, 1.807) is 32.2 Å². The number of nitrogens with one attached hydrogen (secondary N) is 1. The minimum absolute atomic E-state index is 0.427. The molecule has 0 saturated carbocycles. The first-order valence-corrected chi connectivity index (χ1v) is 3.55. The molecule has 0 atom stereocenters. The lowest BCUT2D eigenvalue weighted by molar-refractivity contribution is 0.0991. The van der Waals surface area contributed by atoms with Gasteiger partial charge in [-0.05, 0) is 30.7 Å². The molecule has 0 aliphatic rings. The molecule has 0 fully saturated rings. The summed E-state index contributed by atoms with van der Waals surface area (Å²) in [5.74, 6) is 0.0488. The molecule has 3 nitrogen and oxygen atoms in total. The van der Waals surface area contributed by atoms with E-state index in [1.165, 1.54) is 0 Å². The van der Waals surface area contributed by atoms with Crippen molar-refractivity contribution in [3.63, 3.8) is 0 Å². The van der Waals surface area contributed by atoms with E-state index in [-0.39, 0.29) is 0 Å². The van der Waals surface area contributed by atoms with Gasteiger partial charge in [0.1, 0.15) is 5.75 Å². The number of benzene rings is 1. The van der Waals surface area contributed by atoms with Crippen LogP contribution >= 0.6 is 0 Å². The van der Waals surface area contributed by atoms with Crippen molar-refractivity contribution in [2.45, 2.75) is 6.92 Å². The van der Waals surface area contributed by atoms with Crippen LogP contribution in [-0.4, -0.2) is 13.0 Å². The van der Waals surface area contributed by atoms with Crippen molar-refractivity contribution >= 4 is 5.91 Å². The predicted octanol–water partition coefficient (Wildman–Crippen LogP) is 1.43. The highest BCUT2D eigenvalue weighted by atomic mass is 16.5. The first kappa shape index (κ1) is 8.59. The molecule has 1 amide bonds. The molecule has 0 heterocycles. The first-order valence-electron chi connectivity index (χ1n) is 3.55. The summed E-state index contributed by atoms with van der Waals surface area (Å²) in [5.41, 5.74) is 8.11. The SMILES string of the molecule is COc1ccc(C([NH])=O)c(C)c1. The number of hydrogen-bond acceptors (Lipinski definition) is 2. The monoisotopic (exact) mass is 164 g/mol. The second kappa shape index (κ2) is 3.26. The van der Waals surface area contributed by atoms with Crippen LogP contribution in [0.3, 0.4) is 0 Å². The summed E-state index contributed by atoms with van der Waals surface area (Å²) in [6.45, 7) is 1.78. The van der Waals surface area contributed by atoms with Gasteiger partial charge < -0.3 is 4.74 Å². The number of aryl methyl sites for hydroxylation is 1. The van der Waals surface area contributed by atoms with E-state index in [4.69, 9.17) is 10.5 Å². The lowest BCUT2D eigenvalue weighted by atomic mass is 10.1. The van der Waals surface area contributed by atoms with Crippen LogP contribution in [0.2, 0.25) is 0 Å². The number of amides is 1. The van der Waals surface area contributed by atoms with Crippen molar-refractivity contribution in [2.75, 3.05) is 7.11 Å². The highest BCUT2D eigenvalue weighted by Crippen LogP contribution is 2.16. The molecule has 0 spiro atoms. The number of carbonyl (C=O) groups excluding carboxylic acids is 1. The van der Waals surface area contributed by atoms with E-state index in [1.807, 2.05) is 0 Å². The van der Waals surface area contributed by atoms with Crippen LogP contribution in [-0.2, 0) is 0 Å². The molecule has 0 bridgehead atoms. The van der Waals surface area contributed by atoms with Crippen LogP contribution in [0, 0.1) is 6.92 Å². The topological polar surface area (TPSA) is 50.1 Å². The minimum Gasteiger partial charge on any atom is -0.497 e. The molecule has 0 aliphatic carbocycles. The van der Waals surface area contributed by atoms with Gasteiger partial charge in [0.2, 0.25) is 0 Å². The molecular weight excluding hydrogens is 154 g/mol. The Labute approximate surface area is 71.1 Å². The Balaban J connectivity index is 3.12. The van der Waals surface area contributed by atoms with Crippen LogP contribution in [0.15, 0.2) is 18.2 Å². The zero-order valence-electron chi connectivity index (χ0n) is 7.05. The summed E-state index contributed by atoms with van der Waals surface area (Å²) in [6.07, 6.45) is 0. The third-order valence-corrected chi connectivity index (χ3v) is 1.68. The molecular formula is C9H10NO2. The molecule has 1 aromatic carbocycles. The normalized spacial score (nSPS) is 9.50. The summed E-state index contributed by atoms with van der Waals surface area (Å²) in [5, 5.41) is 0. The van der Waals surface area contributed by atoms with Crippen molar-refractivity contribution in [1.82, 2.24) is 5.73 Å². The van der Waals surface area contributed by atoms with Crippen molar-refractivity contribution in [2.24, 2.45) is 0 Å². The molecule has 0 aromatic heterocycles. The van der Waals surface area contributed by atoms with Gasteiger partial charge in [-0.25, -0.2) is 0 Å². The zero-order chi connectivity index (χ0) is 9.14. The van der Waals surface area contributed by atoms with Crippen LogP contribution in [0.1, 0.15) is 15.9 Å². The Morgan fingerprint density at radius 1 is 1.50 bits per heavy atom. The molecule has 0 aliphatic heterocycles. The third kappa shape index (κ3) is 1.56. The van der Waals surface area contributed by atoms with Crippen molar-refractivity contribution in [3.05, 3.63) is 29.3 Å². The van der Waals surface area contributed by atoms with Crippen LogP contribution in [0.5, 0.6) is 5.75 Å². The smallest absolute Gasteiger partial charge is 0.269 e. The molecule has 63 valence electrons. The molecule has 1 N–H and O–H groups in total. The standard InChI is InChI=1S/C9H10NO2/c1-6-5-7(12-2)3-4-8(6)9(10)11/h3-5,10H,1-2H3. The van der Waals surface area contributed by atoms with Crippen LogP contribution in [0.4, 0.5) is 0 Å². The van der Waals surface area contributed by atoms with E-state index in [0.717, 1.165) is 5.56 Å². The van der Waals surface area contributed by atoms with E-state index in [9.17, 15) is 4.79 Å². The Morgan fingerprint density at radius 3 is 2.58 bits per heavy atom. The average molecular weight is 164 g/mol. The Morgan fingerprint density at radius 2 is 2.17 bits per heavy atom. The minimum atomic E-state index is -0.657. The zero-order valence-corrected chi connectivity index (χ0v) is 7.05. The fraction of sp³-hybridized carbons (Fsp3) is 0.222. The van der Waals surface area contributed by atoms with Crippen LogP contribution in [0.25, 0.3) is 0 Å². The molecule has 1 rings (SSSR count). The second-order valence-electron chi connectivity index (χ2n) is 2.51. The van der Waals surface area contributed by atoms with E-state index in [2.05, 4.69) is 0 Å². The van der Waals surface area contributed by atoms with Gasteiger partial charge in [-0.15, -0.1) is 0 Å². The van der Waals surface area contributed by atoms with E-state index in [0.29, 0.717) is 11.3 Å². The van der Waals surface area contributed by atoms with Gasteiger partial charge in [0, 0.05) is 5.56 Å². The van der Waals surface area contributed by atoms with Gasteiger partial charge in [-0.1, -0.05) is 0 Å². The van der Waals surface area contributed by atoms with Gasteiger partial charge in [0.05, 0.1) is 7.11 Å². The van der Waals surface area contributed by atoms with Gasteiger partial charge >= 0.3 is 0 Å². The summed E-state index contributed by atoms with van der Waals surface area (Å²) in [6, 6.07) is 5.01. The maximum atomic E-state index is 10.7. The van der Waals surface area contributed by atoms with Crippen molar-refractivity contribution in [3.8, 4) is 5.75 Å². The van der Waals surface area contributed by atoms with Crippen molar-refractivity contribution in [1.29, 1.82) is 0 Å². The molecule has 12 heavy (non-hydrogen) atoms. The van der Waals surface area contributed by atoms with Crippen LogP contribution < -0.4 is 10.5 Å². The third-order valence-electron chi connectivity index (χ3n) is 1.68. The molecule has 1 radical (unpaired) electrons. The van der Waals surface area contributed by atoms with Gasteiger partial charge in [-0.3, -0.25) is 10.5 Å². The average Bonchev–Trinajstić information content (AvgIpc) is 2.03. The van der Waals surface area contributed by atoms with Gasteiger partial charge in [-0.2, -0.15) is 0 Å². The molecule has 1 aromatic rings. The maximum absolute atomic E-state index is 10.7. The van der Waals surface area contributed by atoms with E-state index < -0.39 is 5.91 Å². The molecule has 0 unspecified atom stereocenters. The maximum Gasteiger partial charge on any atom is 0.269 e. The largest absolute Gasteiger partial charge is 0.497 e. The molecule has 0 saturated heterocycles. The fourth-order valence-corrected chi connectivity index (χ4v) is 1.02. The van der Waals surface area contributed by atoms with Gasteiger partial charge in [0.25, 0.3) is 5.91 Å². The summed E-state index contributed by atoms with van der Waals surface area (Å²) in [4.78, 5) is 10.7. The quantitative estimate of drug-likeness (QED) is 0.663. The number of methoxy groups -OCH3 is 1. The van der Waals surface area contributed by atoms with Gasteiger partial charge in [0.15, 0.2) is 0 Å². The molecule has 3 heteroatoms. The fourth-order valence-electron chi connectivity index (χ4n) is 1.02. The lowest BCUT2D eigenvalue weighted by Gasteiger charge is -2.03. The van der Waals surface area contributed by atoms with Crippen molar-refractivity contribution < 1.29 is 9.53 Å². The highest BCUT2D eigenvalue weighted by Gasteiger charge is 2.05.